The molecule has 3 nitrogen and oxygen atoms in total. The maximum Gasteiger partial charge on any atom is 0.416 e. The monoisotopic (exact) mass is 330 g/mol. The zero-order valence-corrected chi connectivity index (χ0v) is 11.0. The van der Waals surface area contributed by atoms with Gasteiger partial charge in [0, 0.05) is 0 Å². The van der Waals surface area contributed by atoms with Gasteiger partial charge in [0.1, 0.15) is 0 Å². The molecule has 1 amide bonds. The molecule has 1 N–H and O–H groups in total. The minimum Gasteiger partial charge on any atom is -0.272 e. The number of nitrogens with zero attached hydrogens (tertiary/aromatic N) is 1. The van der Waals surface area contributed by atoms with Crippen molar-refractivity contribution in [3.63, 3.8) is 0 Å². The molecule has 1 fully saturated rings. The van der Waals surface area contributed by atoms with Crippen molar-refractivity contribution in [3.05, 3.63) is 29.3 Å². The average molecular weight is 330 g/mol. The number of thioether (sulfide) groups is 1. The van der Waals surface area contributed by atoms with E-state index in [1.54, 1.807) is 0 Å². The Morgan fingerprint density at radius 3 is 1.95 bits per heavy atom. The van der Waals surface area contributed by atoms with Crippen LogP contribution in [-0.4, -0.2) is 17.5 Å². The van der Waals surface area contributed by atoms with E-state index in [4.69, 9.17) is 0 Å². The van der Waals surface area contributed by atoms with Crippen LogP contribution in [-0.2, 0) is 17.1 Å². The number of rotatable bonds is 1. The van der Waals surface area contributed by atoms with Gasteiger partial charge in [0.25, 0.3) is 5.91 Å². The molecule has 1 aliphatic rings. The van der Waals surface area contributed by atoms with Gasteiger partial charge in [0.2, 0.25) is 0 Å². The smallest absolute Gasteiger partial charge is 0.272 e. The van der Waals surface area contributed by atoms with Gasteiger partial charge in [-0.1, -0.05) is 0 Å². The first-order valence-electron chi connectivity index (χ1n) is 5.53. The van der Waals surface area contributed by atoms with E-state index in [1.807, 2.05) is 0 Å². The Bertz CT molecular complexity index is 524. The van der Waals surface area contributed by atoms with Crippen molar-refractivity contribution < 1.29 is 31.1 Å². The van der Waals surface area contributed by atoms with Crippen molar-refractivity contribution in [3.8, 4) is 0 Å². The van der Waals surface area contributed by atoms with E-state index in [0.717, 1.165) is 0 Å². The second-order valence-electron chi connectivity index (χ2n) is 4.14. The van der Waals surface area contributed by atoms with Gasteiger partial charge >= 0.3 is 12.4 Å². The van der Waals surface area contributed by atoms with Gasteiger partial charge < -0.3 is 0 Å². The van der Waals surface area contributed by atoms with E-state index in [9.17, 15) is 31.1 Å². The summed E-state index contributed by atoms with van der Waals surface area (Å²) in [5.41, 5.74) is -0.946. The van der Waals surface area contributed by atoms with Crippen LogP contribution < -0.4 is 10.4 Å². The van der Waals surface area contributed by atoms with E-state index >= 15 is 0 Å². The number of hydrogen-bond donors (Lipinski definition) is 1. The Morgan fingerprint density at radius 1 is 1.00 bits per heavy atom. The van der Waals surface area contributed by atoms with Gasteiger partial charge in [-0.3, -0.25) is 4.79 Å². The second-order valence-corrected chi connectivity index (χ2v) is 5.13. The topological polar surface area (TPSA) is 32.3 Å². The van der Waals surface area contributed by atoms with E-state index in [-0.39, 0.29) is 17.7 Å². The largest absolute Gasteiger partial charge is 0.416 e. The maximum absolute atomic E-state index is 12.7. The quantitative estimate of drug-likeness (QED) is 0.802. The molecule has 0 saturated carbocycles. The summed E-state index contributed by atoms with van der Waals surface area (Å²) >= 11 is 1.17. The number of amides is 1. The number of halogens is 6. The Balaban J connectivity index is 2.52. The molecule has 0 spiro atoms. The molecule has 0 aromatic heterocycles. The van der Waals surface area contributed by atoms with Crippen LogP contribution in [0.5, 0.6) is 0 Å². The summed E-state index contributed by atoms with van der Waals surface area (Å²) in [6.07, 6.45) is -9.88. The van der Waals surface area contributed by atoms with Crippen LogP contribution in [0.15, 0.2) is 18.2 Å². The lowest BCUT2D eigenvalue weighted by Crippen LogP contribution is -2.47. The van der Waals surface area contributed by atoms with E-state index in [1.165, 1.54) is 11.8 Å². The predicted molar refractivity (Wildman–Crippen MR) is 64.4 cm³/mol. The van der Waals surface area contributed by atoms with E-state index < -0.39 is 35.1 Å². The number of benzene rings is 1. The number of hydrazine groups is 1. The fourth-order valence-corrected chi connectivity index (χ4v) is 2.33. The Kier molecular flexibility index (Phi) is 4.11. The summed E-state index contributed by atoms with van der Waals surface area (Å²) in [6.45, 7) is 0. The second kappa shape index (κ2) is 5.41. The minimum atomic E-state index is -4.94. The third kappa shape index (κ3) is 3.62. The Labute approximate surface area is 119 Å². The molecule has 10 heteroatoms. The molecule has 0 radical (unpaired) electrons. The Morgan fingerprint density at radius 2 is 1.52 bits per heavy atom. The van der Waals surface area contributed by atoms with E-state index in [2.05, 4.69) is 5.43 Å². The normalized spacial score (nSPS) is 17.2. The number of nitrogens with one attached hydrogen (secondary N) is 1. The van der Waals surface area contributed by atoms with Crippen molar-refractivity contribution in [2.75, 3.05) is 16.6 Å². The van der Waals surface area contributed by atoms with Crippen molar-refractivity contribution >= 4 is 23.4 Å². The molecule has 1 aromatic carbocycles. The number of carbonyl (C=O) groups is 1. The van der Waals surface area contributed by atoms with E-state index in [0.29, 0.717) is 17.1 Å². The fourth-order valence-electron chi connectivity index (χ4n) is 1.70. The minimum absolute atomic E-state index is 0.0205. The van der Waals surface area contributed by atoms with Gasteiger partial charge in [-0.25, -0.2) is 10.4 Å². The first-order valence-corrected chi connectivity index (χ1v) is 6.68. The highest BCUT2D eigenvalue weighted by Crippen LogP contribution is 2.38. The number of alkyl halides is 6. The molecule has 21 heavy (non-hydrogen) atoms. The van der Waals surface area contributed by atoms with Crippen LogP contribution in [0.3, 0.4) is 0 Å². The van der Waals surface area contributed by atoms with Gasteiger partial charge in [-0.05, 0) is 18.2 Å². The summed E-state index contributed by atoms with van der Waals surface area (Å²) < 4.78 is 76.2. The van der Waals surface area contributed by atoms with Crippen molar-refractivity contribution in [2.45, 2.75) is 12.4 Å². The zero-order chi connectivity index (χ0) is 15.8. The summed E-state index contributed by atoms with van der Waals surface area (Å²) in [4.78, 5) is 11.6. The maximum atomic E-state index is 12.7. The first kappa shape index (κ1) is 16.0. The number of carbonyl (C=O) groups excluding carboxylic acids is 1. The zero-order valence-electron chi connectivity index (χ0n) is 10.2. The van der Waals surface area contributed by atoms with Crippen LogP contribution in [0.25, 0.3) is 0 Å². The molecule has 0 bridgehead atoms. The molecule has 0 atom stereocenters. The summed E-state index contributed by atoms with van der Waals surface area (Å²) in [7, 11) is 0. The average Bonchev–Trinajstić information content (AvgIpc) is 2.36. The molecule has 0 aliphatic carbocycles. The SMILES string of the molecule is O=C1CSCNN1c1cc(C(F)(F)F)cc(C(F)(F)F)c1. The van der Waals surface area contributed by atoms with Crippen LogP contribution >= 0.6 is 11.8 Å². The molecular formula is C11H8F6N2OS. The summed E-state index contributed by atoms with van der Waals surface area (Å²) in [5.74, 6) is -0.424. The standard InChI is InChI=1S/C11H8F6N2OS/c12-10(13,14)6-1-7(11(15,16)17)3-8(2-6)19-9(20)4-21-5-18-19/h1-3,18H,4-5H2. The molecule has 1 aliphatic heterocycles. The molecule has 0 unspecified atom stereocenters. The lowest BCUT2D eigenvalue weighted by molar-refractivity contribution is -0.143. The Hall–Kier alpha value is -1.42. The molecule has 1 heterocycles. The lowest BCUT2D eigenvalue weighted by atomic mass is 10.1. The third-order valence-corrected chi connectivity index (χ3v) is 3.41. The van der Waals surface area contributed by atoms with Crippen LogP contribution in [0.4, 0.5) is 32.0 Å². The molecule has 1 aromatic rings. The highest BCUT2D eigenvalue weighted by Gasteiger charge is 2.38. The number of anilines is 1. The molecule has 2 rings (SSSR count). The van der Waals surface area contributed by atoms with Crippen LogP contribution in [0, 0.1) is 0 Å². The van der Waals surface area contributed by atoms with Gasteiger partial charge in [-0.15, -0.1) is 11.8 Å². The first-order chi connectivity index (χ1) is 9.59. The summed E-state index contributed by atoms with van der Waals surface area (Å²) in [6, 6.07) is 1.04. The van der Waals surface area contributed by atoms with Crippen LogP contribution in [0.1, 0.15) is 11.1 Å². The predicted octanol–water partition coefficient (Wildman–Crippen LogP) is 3.27. The van der Waals surface area contributed by atoms with Gasteiger partial charge in [0.15, 0.2) is 0 Å². The fraction of sp³-hybridized carbons (Fsp3) is 0.364. The van der Waals surface area contributed by atoms with Gasteiger partial charge in [-0.2, -0.15) is 26.3 Å². The third-order valence-electron chi connectivity index (χ3n) is 2.63. The van der Waals surface area contributed by atoms with Crippen molar-refractivity contribution in [1.29, 1.82) is 0 Å². The highest BCUT2D eigenvalue weighted by molar-refractivity contribution is 8.00. The van der Waals surface area contributed by atoms with Crippen LogP contribution in [0.2, 0.25) is 0 Å². The summed E-state index contributed by atoms with van der Waals surface area (Å²) in [5, 5.41) is 0.709. The lowest BCUT2D eigenvalue weighted by Gasteiger charge is -2.28. The molecule has 1 saturated heterocycles. The van der Waals surface area contributed by atoms with Crippen molar-refractivity contribution in [1.82, 2.24) is 5.43 Å². The molecule has 116 valence electrons. The molecular weight excluding hydrogens is 322 g/mol. The number of hydrogen-bond acceptors (Lipinski definition) is 3. The highest BCUT2D eigenvalue weighted by atomic mass is 32.2. The van der Waals surface area contributed by atoms with Gasteiger partial charge in [0.05, 0.1) is 28.4 Å². The van der Waals surface area contributed by atoms with Crippen molar-refractivity contribution in [2.24, 2.45) is 0 Å².